The van der Waals surface area contributed by atoms with E-state index in [-0.39, 0.29) is 17.6 Å². The number of anilines is 1. The zero-order valence-corrected chi connectivity index (χ0v) is 12.7. The molecular weight excluding hydrogens is 316 g/mol. The second kappa shape index (κ2) is 6.19. The molecule has 122 valence electrons. The SMILES string of the molecule is Cc1ccc(NC(=O)Cn2cnc3ccc(F)cc3c2=O)cc1F. The topological polar surface area (TPSA) is 64.0 Å². The largest absolute Gasteiger partial charge is 0.324 e. The van der Waals surface area contributed by atoms with Crippen molar-refractivity contribution in [1.29, 1.82) is 0 Å². The summed E-state index contributed by atoms with van der Waals surface area (Å²) in [7, 11) is 0. The predicted octanol–water partition coefficient (Wildman–Crippen LogP) is 2.62. The Balaban J connectivity index is 1.84. The van der Waals surface area contributed by atoms with Crippen molar-refractivity contribution in [2.75, 3.05) is 5.32 Å². The summed E-state index contributed by atoms with van der Waals surface area (Å²) in [5, 5.41) is 2.59. The van der Waals surface area contributed by atoms with Crippen LogP contribution in [0.5, 0.6) is 0 Å². The molecule has 1 N–H and O–H groups in total. The minimum atomic E-state index is -0.557. The molecule has 0 bridgehead atoms. The van der Waals surface area contributed by atoms with Crippen LogP contribution in [-0.4, -0.2) is 15.5 Å². The molecule has 0 saturated heterocycles. The standard InChI is InChI=1S/C17H13F2N3O2/c1-10-2-4-12(7-14(10)19)21-16(23)8-22-9-20-15-5-3-11(18)6-13(15)17(22)24/h2-7,9H,8H2,1H3,(H,21,23). The van der Waals surface area contributed by atoms with Crippen LogP contribution in [-0.2, 0) is 11.3 Å². The summed E-state index contributed by atoms with van der Waals surface area (Å²) < 4.78 is 27.8. The van der Waals surface area contributed by atoms with Crippen molar-refractivity contribution >= 4 is 22.5 Å². The number of carbonyl (C=O) groups excluding carboxylic acids is 1. The minimum absolute atomic E-state index is 0.0895. The number of benzene rings is 2. The summed E-state index contributed by atoms with van der Waals surface area (Å²) in [4.78, 5) is 28.3. The maximum absolute atomic E-state index is 13.5. The van der Waals surface area contributed by atoms with Gasteiger partial charge in [-0.05, 0) is 42.8 Å². The third-order valence-corrected chi connectivity index (χ3v) is 3.56. The molecule has 0 fully saturated rings. The number of nitrogens with one attached hydrogen (secondary N) is 1. The first-order valence-corrected chi connectivity index (χ1v) is 7.15. The molecule has 0 spiro atoms. The van der Waals surface area contributed by atoms with E-state index in [0.717, 1.165) is 10.6 Å². The van der Waals surface area contributed by atoms with Crippen molar-refractivity contribution in [1.82, 2.24) is 9.55 Å². The molecule has 7 heteroatoms. The van der Waals surface area contributed by atoms with Crippen molar-refractivity contribution in [3.05, 3.63) is 70.3 Å². The van der Waals surface area contributed by atoms with Gasteiger partial charge in [0.25, 0.3) is 5.56 Å². The Bertz CT molecular complexity index is 999. The van der Waals surface area contributed by atoms with E-state index in [2.05, 4.69) is 10.3 Å². The van der Waals surface area contributed by atoms with Crippen molar-refractivity contribution in [3.63, 3.8) is 0 Å². The number of hydrogen-bond acceptors (Lipinski definition) is 3. The summed E-state index contributed by atoms with van der Waals surface area (Å²) in [5.74, 6) is -1.51. The normalized spacial score (nSPS) is 10.8. The molecule has 0 aliphatic heterocycles. The van der Waals surface area contributed by atoms with Gasteiger partial charge in [-0.1, -0.05) is 6.07 Å². The predicted molar refractivity (Wildman–Crippen MR) is 85.7 cm³/mol. The number of rotatable bonds is 3. The fraction of sp³-hybridized carbons (Fsp3) is 0.118. The number of halogens is 2. The zero-order chi connectivity index (χ0) is 17.3. The van der Waals surface area contributed by atoms with Crippen molar-refractivity contribution in [2.45, 2.75) is 13.5 Å². The average molecular weight is 329 g/mol. The fourth-order valence-corrected chi connectivity index (χ4v) is 2.27. The van der Waals surface area contributed by atoms with Gasteiger partial charge in [0.15, 0.2) is 0 Å². The van der Waals surface area contributed by atoms with Crippen LogP contribution < -0.4 is 10.9 Å². The molecule has 2 aromatic carbocycles. The highest BCUT2D eigenvalue weighted by Gasteiger charge is 2.10. The van der Waals surface area contributed by atoms with E-state index in [0.29, 0.717) is 11.1 Å². The molecule has 0 saturated carbocycles. The van der Waals surface area contributed by atoms with Gasteiger partial charge in [0.2, 0.25) is 5.91 Å². The molecule has 1 amide bonds. The van der Waals surface area contributed by atoms with E-state index in [9.17, 15) is 18.4 Å². The van der Waals surface area contributed by atoms with Gasteiger partial charge in [0, 0.05) is 5.69 Å². The van der Waals surface area contributed by atoms with Crippen LogP contribution in [0, 0.1) is 18.6 Å². The Morgan fingerprint density at radius 3 is 2.75 bits per heavy atom. The molecule has 0 unspecified atom stereocenters. The van der Waals surface area contributed by atoms with Gasteiger partial charge >= 0.3 is 0 Å². The summed E-state index contributed by atoms with van der Waals surface area (Å²) in [6, 6.07) is 7.98. The molecule has 0 atom stereocenters. The fourth-order valence-electron chi connectivity index (χ4n) is 2.27. The Morgan fingerprint density at radius 1 is 1.21 bits per heavy atom. The first-order valence-electron chi connectivity index (χ1n) is 7.15. The third kappa shape index (κ3) is 3.15. The number of fused-ring (bicyclic) bond motifs is 1. The lowest BCUT2D eigenvalue weighted by atomic mass is 10.2. The molecule has 1 heterocycles. The van der Waals surface area contributed by atoms with Gasteiger partial charge in [-0.3, -0.25) is 14.2 Å². The highest BCUT2D eigenvalue weighted by atomic mass is 19.1. The number of aryl methyl sites for hydroxylation is 1. The van der Waals surface area contributed by atoms with Crippen LogP contribution in [0.15, 0.2) is 47.5 Å². The molecule has 3 aromatic rings. The summed E-state index contributed by atoms with van der Waals surface area (Å²) >= 11 is 0. The lowest BCUT2D eigenvalue weighted by molar-refractivity contribution is -0.116. The van der Waals surface area contributed by atoms with E-state index in [1.807, 2.05) is 0 Å². The van der Waals surface area contributed by atoms with Gasteiger partial charge in [0.1, 0.15) is 18.2 Å². The van der Waals surface area contributed by atoms with Crippen LogP contribution in [0.1, 0.15) is 5.56 Å². The van der Waals surface area contributed by atoms with Gasteiger partial charge in [-0.2, -0.15) is 0 Å². The van der Waals surface area contributed by atoms with Crippen LogP contribution in [0.2, 0.25) is 0 Å². The molecule has 0 aliphatic rings. The van der Waals surface area contributed by atoms with Crippen LogP contribution in [0.4, 0.5) is 14.5 Å². The first-order chi connectivity index (χ1) is 11.4. The van der Waals surface area contributed by atoms with Crippen LogP contribution >= 0.6 is 0 Å². The smallest absolute Gasteiger partial charge is 0.261 e. The first kappa shape index (κ1) is 15.8. The Morgan fingerprint density at radius 2 is 2.00 bits per heavy atom. The number of amides is 1. The minimum Gasteiger partial charge on any atom is -0.324 e. The second-order valence-corrected chi connectivity index (χ2v) is 5.35. The van der Waals surface area contributed by atoms with E-state index in [4.69, 9.17) is 0 Å². The molecule has 1 aromatic heterocycles. The quantitative estimate of drug-likeness (QED) is 0.803. The van der Waals surface area contributed by atoms with E-state index >= 15 is 0 Å². The Kier molecular flexibility index (Phi) is 4.07. The molecule has 24 heavy (non-hydrogen) atoms. The zero-order valence-electron chi connectivity index (χ0n) is 12.7. The molecular formula is C17H13F2N3O2. The lowest BCUT2D eigenvalue weighted by Gasteiger charge is -2.08. The number of carbonyl (C=O) groups is 1. The van der Waals surface area contributed by atoms with Crippen molar-refractivity contribution in [3.8, 4) is 0 Å². The molecule has 5 nitrogen and oxygen atoms in total. The van der Waals surface area contributed by atoms with Crippen molar-refractivity contribution < 1.29 is 13.6 Å². The monoisotopic (exact) mass is 329 g/mol. The number of aromatic nitrogens is 2. The van der Waals surface area contributed by atoms with Gasteiger partial charge < -0.3 is 5.32 Å². The van der Waals surface area contributed by atoms with E-state index < -0.39 is 23.1 Å². The molecule has 0 radical (unpaired) electrons. The highest BCUT2D eigenvalue weighted by molar-refractivity contribution is 5.90. The van der Waals surface area contributed by atoms with Crippen molar-refractivity contribution in [2.24, 2.45) is 0 Å². The lowest BCUT2D eigenvalue weighted by Crippen LogP contribution is -2.28. The average Bonchev–Trinajstić information content (AvgIpc) is 2.54. The van der Waals surface area contributed by atoms with E-state index in [1.54, 1.807) is 13.0 Å². The van der Waals surface area contributed by atoms with E-state index in [1.165, 1.54) is 30.6 Å². The number of hydrogen-bond donors (Lipinski definition) is 1. The Labute approximate surface area is 135 Å². The van der Waals surface area contributed by atoms with Crippen LogP contribution in [0.25, 0.3) is 10.9 Å². The van der Waals surface area contributed by atoms with Gasteiger partial charge in [0.05, 0.1) is 17.2 Å². The number of nitrogens with zero attached hydrogens (tertiary/aromatic N) is 2. The summed E-state index contributed by atoms with van der Waals surface area (Å²) in [6.07, 6.45) is 1.22. The third-order valence-electron chi connectivity index (χ3n) is 3.56. The maximum Gasteiger partial charge on any atom is 0.261 e. The highest BCUT2D eigenvalue weighted by Crippen LogP contribution is 2.13. The maximum atomic E-state index is 13.5. The molecule has 3 rings (SSSR count). The summed E-state index contributed by atoms with van der Waals surface area (Å²) in [5.41, 5.74) is 0.573. The van der Waals surface area contributed by atoms with Gasteiger partial charge in [-0.25, -0.2) is 13.8 Å². The molecule has 0 aliphatic carbocycles. The van der Waals surface area contributed by atoms with Crippen LogP contribution in [0.3, 0.4) is 0 Å². The summed E-state index contributed by atoms with van der Waals surface area (Å²) in [6.45, 7) is 1.30. The van der Waals surface area contributed by atoms with Gasteiger partial charge in [-0.15, -0.1) is 0 Å². The Hall–Kier alpha value is -3.09. The second-order valence-electron chi connectivity index (χ2n) is 5.35.